The molecule has 1 aliphatic carbocycles. The SMILES string of the molecule is NC(=O)N1CCCN(C2CCCCC2)CC1. The Balaban J connectivity index is 1.85. The van der Waals surface area contributed by atoms with Gasteiger partial charge in [-0.2, -0.15) is 0 Å². The van der Waals surface area contributed by atoms with E-state index in [-0.39, 0.29) is 6.03 Å². The second-order valence-electron chi connectivity index (χ2n) is 5.01. The first-order chi connectivity index (χ1) is 7.77. The third-order valence-corrected chi connectivity index (χ3v) is 3.93. The van der Waals surface area contributed by atoms with Gasteiger partial charge in [-0.3, -0.25) is 4.90 Å². The number of carbonyl (C=O) groups excluding carboxylic acids is 1. The van der Waals surface area contributed by atoms with E-state index >= 15 is 0 Å². The number of primary amides is 1. The van der Waals surface area contributed by atoms with Gasteiger partial charge in [0.2, 0.25) is 0 Å². The van der Waals surface area contributed by atoms with Crippen LogP contribution in [0, 0.1) is 0 Å². The average Bonchev–Trinajstić information content (AvgIpc) is 2.55. The number of carbonyl (C=O) groups is 1. The maximum Gasteiger partial charge on any atom is 0.314 e. The van der Waals surface area contributed by atoms with Crippen LogP contribution in [0.5, 0.6) is 0 Å². The predicted octanol–water partition coefficient (Wildman–Crippen LogP) is 1.41. The fourth-order valence-corrected chi connectivity index (χ4v) is 2.97. The smallest absolute Gasteiger partial charge is 0.314 e. The van der Waals surface area contributed by atoms with Crippen LogP contribution in [0.15, 0.2) is 0 Å². The van der Waals surface area contributed by atoms with Gasteiger partial charge in [0, 0.05) is 32.2 Å². The molecule has 1 saturated carbocycles. The van der Waals surface area contributed by atoms with Gasteiger partial charge in [0.25, 0.3) is 0 Å². The molecule has 0 aromatic heterocycles. The molecule has 2 aliphatic rings. The highest BCUT2D eigenvalue weighted by atomic mass is 16.2. The van der Waals surface area contributed by atoms with Crippen molar-refractivity contribution in [2.75, 3.05) is 26.2 Å². The molecular formula is C12H23N3O. The lowest BCUT2D eigenvalue weighted by molar-refractivity contribution is 0.160. The number of nitrogens with zero attached hydrogens (tertiary/aromatic N) is 2. The Morgan fingerprint density at radius 1 is 0.938 bits per heavy atom. The molecule has 16 heavy (non-hydrogen) atoms. The highest BCUT2D eigenvalue weighted by Crippen LogP contribution is 2.23. The molecule has 0 radical (unpaired) electrons. The maximum atomic E-state index is 11.1. The molecule has 2 N–H and O–H groups in total. The molecular weight excluding hydrogens is 202 g/mol. The van der Waals surface area contributed by atoms with Gasteiger partial charge >= 0.3 is 6.03 Å². The Kier molecular flexibility index (Phi) is 4.04. The topological polar surface area (TPSA) is 49.6 Å². The lowest BCUT2D eigenvalue weighted by Gasteiger charge is -2.33. The zero-order valence-corrected chi connectivity index (χ0v) is 10.0. The van der Waals surface area contributed by atoms with Gasteiger partial charge in [-0.25, -0.2) is 4.79 Å². The lowest BCUT2D eigenvalue weighted by atomic mass is 9.94. The first-order valence-corrected chi connectivity index (χ1v) is 6.56. The Labute approximate surface area is 97.8 Å². The van der Waals surface area contributed by atoms with Crippen molar-refractivity contribution in [3.63, 3.8) is 0 Å². The molecule has 2 rings (SSSR count). The van der Waals surface area contributed by atoms with Crippen molar-refractivity contribution in [3.05, 3.63) is 0 Å². The first-order valence-electron chi connectivity index (χ1n) is 6.56. The molecule has 92 valence electrons. The van der Waals surface area contributed by atoms with E-state index in [9.17, 15) is 4.79 Å². The highest BCUT2D eigenvalue weighted by Gasteiger charge is 2.24. The number of amides is 2. The van der Waals surface area contributed by atoms with E-state index in [0.717, 1.165) is 38.6 Å². The van der Waals surface area contributed by atoms with Crippen molar-refractivity contribution in [1.82, 2.24) is 9.80 Å². The summed E-state index contributed by atoms with van der Waals surface area (Å²) in [6, 6.07) is 0.507. The number of urea groups is 1. The van der Waals surface area contributed by atoms with Crippen molar-refractivity contribution in [2.45, 2.75) is 44.6 Å². The molecule has 1 saturated heterocycles. The van der Waals surface area contributed by atoms with Crippen LogP contribution in [-0.4, -0.2) is 48.1 Å². The van der Waals surface area contributed by atoms with Crippen LogP contribution in [0.25, 0.3) is 0 Å². The maximum absolute atomic E-state index is 11.1. The van der Waals surface area contributed by atoms with E-state index in [4.69, 9.17) is 5.73 Å². The van der Waals surface area contributed by atoms with Gasteiger partial charge in [0.1, 0.15) is 0 Å². The summed E-state index contributed by atoms with van der Waals surface area (Å²) in [6.45, 7) is 3.78. The van der Waals surface area contributed by atoms with Gasteiger partial charge in [-0.05, 0) is 19.3 Å². The van der Waals surface area contributed by atoms with Crippen LogP contribution in [0.3, 0.4) is 0 Å². The lowest BCUT2D eigenvalue weighted by Crippen LogP contribution is -2.41. The third-order valence-electron chi connectivity index (χ3n) is 3.93. The molecule has 1 heterocycles. The molecule has 1 aliphatic heterocycles. The molecule has 0 atom stereocenters. The van der Waals surface area contributed by atoms with Crippen molar-refractivity contribution in [3.8, 4) is 0 Å². The predicted molar refractivity (Wildman–Crippen MR) is 64.2 cm³/mol. The minimum atomic E-state index is -0.259. The van der Waals surface area contributed by atoms with Crippen LogP contribution in [0.4, 0.5) is 4.79 Å². The highest BCUT2D eigenvalue weighted by molar-refractivity contribution is 5.71. The van der Waals surface area contributed by atoms with Crippen LogP contribution in [0.1, 0.15) is 38.5 Å². The molecule has 2 amide bonds. The van der Waals surface area contributed by atoms with Crippen molar-refractivity contribution < 1.29 is 4.79 Å². The second kappa shape index (κ2) is 5.53. The van der Waals surface area contributed by atoms with E-state index in [1.807, 2.05) is 0 Å². The quantitative estimate of drug-likeness (QED) is 0.733. The zero-order valence-electron chi connectivity index (χ0n) is 10.0. The van der Waals surface area contributed by atoms with Gasteiger partial charge in [0.05, 0.1) is 0 Å². The molecule has 0 aromatic carbocycles. The minimum absolute atomic E-state index is 0.259. The fourth-order valence-electron chi connectivity index (χ4n) is 2.97. The Morgan fingerprint density at radius 2 is 1.69 bits per heavy atom. The summed E-state index contributed by atoms with van der Waals surface area (Å²) in [6.07, 6.45) is 7.91. The molecule has 0 unspecified atom stereocenters. The van der Waals surface area contributed by atoms with E-state index in [1.54, 1.807) is 4.90 Å². The van der Waals surface area contributed by atoms with E-state index in [2.05, 4.69) is 4.90 Å². The molecule has 0 aromatic rings. The summed E-state index contributed by atoms with van der Waals surface area (Å²) in [4.78, 5) is 15.5. The molecule has 4 heteroatoms. The van der Waals surface area contributed by atoms with Crippen LogP contribution >= 0.6 is 0 Å². The first kappa shape index (κ1) is 11.7. The van der Waals surface area contributed by atoms with E-state index < -0.39 is 0 Å². The largest absolute Gasteiger partial charge is 0.351 e. The monoisotopic (exact) mass is 225 g/mol. The minimum Gasteiger partial charge on any atom is -0.351 e. The van der Waals surface area contributed by atoms with Crippen molar-refractivity contribution in [1.29, 1.82) is 0 Å². The van der Waals surface area contributed by atoms with Crippen LogP contribution < -0.4 is 5.73 Å². The van der Waals surface area contributed by atoms with E-state index in [1.165, 1.54) is 32.1 Å². The van der Waals surface area contributed by atoms with Gasteiger partial charge in [-0.15, -0.1) is 0 Å². The summed E-state index contributed by atoms with van der Waals surface area (Å²) in [7, 11) is 0. The summed E-state index contributed by atoms with van der Waals surface area (Å²) in [5.41, 5.74) is 5.33. The normalized spacial score (nSPS) is 25.4. The fraction of sp³-hybridized carbons (Fsp3) is 0.917. The number of hydrogen-bond donors (Lipinski definition) is 1. The summed E-state index contributed by atoms with van der Waals surface area (Å²) in [5.74, 6) is 0. The van der Waals surface area contributed by atoms with Crippen LogP contribution in [-0.2, 0) is 0 Å². The standard InChI is InChI=1S/C12H23N3O/c13-12(16)15-8-4-7-14(9-10-15)11-5-2-1-3-6-11/h11H,1-10H2,(H2,13,16). The van der Waals surface area contributed by atoms with Gasteiger partial charge in [0.15, 0.2) is 0 Å². The van der Waals surface area contributed by atoms with Gasteiger partial charge in [-0.1, -0.05) is 19.3 Å². The molecule has 4 nitrogen and oxygen atoms in total. The zero-order chi connectivity index (χ0) is 11.4. The number of rotatable bonds is 1. The van der Waals surface area contributed by atoms with Crippen molar-refractivity contribution >= 4 is 6.03 Å². The molecule has 2 fully saturated rings. The summed E-state index contributed by atoms with van der Waals surface area (Å²) in [5, 5.41) is 0. The summed E-state index contributed by atoms with van der Waals surface area (Å²) < 4.78 is 0. The second-order valence-corrected chi connectivity index (χ2v) is 5.01. The van der Waals surface area contributed by atoms with E-state index in [0.29, 0.717) is 0 Å². The Morgan fingerprint density at radius 3 is 2.38 bits per heavy atom. The van der Waals surface area contributed by atoms with Gasteiger partial charge < -0.3 is 10.6 Å². The number of nitrogens with two attached hydrogens (primary N) is 1. The summed E-state index contributed by atoms with van der Waals surface area (Å²) >= 11 is 0. The Hall–Kier alpha value is -0.770. The number of hydrogen-bond acceptors (Lipinski definition) is 2. The Bertz CT molecular complexity index is 238. The molecule has 0 spiro atoms. The van der Waals surface area contributed by atoms with Crippen molar-refractivity contribution in [2.24, 2.45) is 5.73 Å². The third kappa shape index (κ3) is 2.88. The molecule has 0 bridgehead atoms. The van der Waals surface area contributed by atoms with Crippen LogP contribution in [0.2, 0.25) is 0 Å². The average molecular weight is 225 g/mol.